The Morgan fingerprint density at radius 1 is 1.16 bits per heavy atom. The van der Waals surface area contributed by atoms with Crippen molar-refractivity contribution in [1.82, 2.24) is 20.5 Å². The van der Waals surface area contributed by atoms with Crippen LogP contribution in [0.3, 0.4) is 0 Å². The summed E-state index contributed by atoms with van der Waals surface area (Å²) in [7, 11) is 1.55. The Morgan fingerprint density at radius 3 is 2.74 bits per heavy atom. The standard InChI is InChI=1S/C32H33FN4O6/c1-19(25-10-9-24(42-2)16-29(25)43-13-3-4-20-5-6-20)35-32(41)28-15-23(38)18-37(28)30(39)17-34-31(40)27-11-7-21-14-22(33)8-12-26(21)36-27/h7-12,14,16,19-20,23,28,38H,5-6,13,15,17-18H2,1-2H3,(H,34,40)(H,35,41)/t19-,23+,28-/m0/s1. The lowest BCUT2D eigenvalue weighted by Crippen LogP contribution is -2.49. The molecule has 10 nitrogen and oxygen atoms in total. The predicted octanol–water partition coefficient (Wildman–Crippen LogP) is 2.74. The summed E-state index contributed by atoms with van der Waals surface area (Å²) < 4.78 is 24.7. The first kappa shape index (κ1) is 29.8. The maximum absolute atomic E-state index is 13.4. The van der Waals surface area contributed by atoms with Crippen molar-refractivity contribution in [3.05, 3.63) is 65.6 Å². The molecule has 0 unspecified atom stereocenters. The molecule has 1 saturated heterocycles. The zero-order chi connectivity index (χ0) is 30.5. The molecular weight excluding hydrogens is 555 g/mol. The maximum atomic E-state index is 13.4. The van der Waals surface area contributed by atoms with Crippen LogP contribution >= 0.6 is 0 Å². The van der Waals surface area contributed by atoms with Crippen molar-refractivity contribution in [2.75, 3.05) is 26.8 Å². The van der Waals surface area contributed by atoms with E-state index in [0.717, 1.165) is 12.8 Å². The van der Waals surface area contributed by atoms with Gasteiger partial charge in [-0.1, -0.05) is 17.9 Å². The van der Waals surface area contributed by atoms with Crippen LogP contribution < -0.4 is 20.1 Å². The van der Waals surface area contributed by atoms with Gasteiger partial charge in [-0.05, 0) is 56.2 Å². The topological polar surface area (TPSA) is 130 Å². The first-order valence-corrected chi connectivity index (χ1v) is 14.1. The Hall–Kier alpha value is -4.69. The van der Waals surface area contributed by atoms with E-state index in [1.165, 1.54) is 29.2 Å². The van der Waals surface area contributed by atoms with E-state index < -0.39 is 48.3 Å². The number of halogens is 1. The van der Waals surface area contributed by atoms with Gasteiger partial charge in [-0.25, -0.2) is 9.37 Å². The number of nitrogens with one attached hydrogen (secondary N) is 2. The molecule has 2 aromatic carbocycles. The molecule has 1 aliphatic heterocycles. The maximum Gasteiger partial charge on any atom is 0.270 e. The summed E-state index contributed by atoms with van der Waals surface area (Å²) in [5.74, 6) is 5.77. The third kappa shape index (κ3) is 7.40. The molecule has 43 heavy (non-hydrogen) atoms. The molecule has 0 radical (unpaired) electrons. The number of benzene rings is 2. The molecular formula is C32H33FN4O6. The normalized spacial score (nSPS) is 18.4. The van der Waals surface area contributed by atoms with Crippen LogP contribution in [0.15, 0.2) is 48.5 Å². The molecule has 2 aliphatic rings. The summed E-state index contributed by atoms with van der Waals surface area (Å²) >= 11 is 0. The van der Waals surface area contributed by atoms with E-state index in [1.54, 1.807) is 38.3 Å². The van der Waals surface area contributed by atoms with Crippen LogP contribution in [-0.2, 0) is 9.59 Å². The third-order valence-corrected chi connectivity index (χ3v) is 7.42. The van der Waals surface area contributed by atoms with Gasteiger partial charge in [0.2, 0.25) is 11.8 Å². The highest BCUT2D eigenvalue weighted by Crippen LogP contribution is 2.31. The smallest absolute Gasteiger partial charge is 0.270 e. The Kier molecular flexibility index (Phi) is 9.07. The van der Waals surface area contributed by atoms with Gasteiger partial charge >= 0.3 is 0 Å². The van der Waals surface area contributed by atoms with Gasteiger partial charge in [-0.3, -0.25) is 14.4 Å². The van der Waals surface area contributed by atoms with E-state index in [9.17, 15) is 23.9 Å². The van der Waals surface area contributed by atoms with E-state index in [0.29, 0.717) is 33.9 Å². The highest BCUT2D eigenvalue weighted by molar-refractivity contribution is 5.97. The molecule has 5 rings (SSSR count). The number of carbonyl (C=O) groups is 3. The minimum Gasteiger partial charge on any atom is -0.497 e. The minimum atomic E-state index is -0.928. The average molecular weight is 589 g/mol. The van der Waals surface area contributed by atoms with Crippen molar-refractivity contribution >= 4 is 28.6 Å². The molecule has 3 N–H and O–H groups in total. The van der Waals surface area contributed by atoms with Crippen LogP contribution in [0.2, 0.25) is 0 Å². The molecule has 2 fully saturated rings. The molecule has 3 atom stereocenters. The molecule has 2 heterocycles. The lowest BCUT2D eigenvalue weighted by atomic mass is 10.1. The summed E-state index contributed by atoms with van der Waals surface area (Å²) in [6.07, 6.45) is 1.41. The van der Waals surface area contributed by atoms with Crippen molar-refractivity contribution in [3.63, 3.8) is 0 Å². The van der Waals surface area contributed by atoms with Crippen LogP contribution in [0.1, 0.15) is 48.3 Å². The number of rotatable bonds is 9. The lowest BCUT2D eigenvalue weighted by Gasteiger charge is -2.26. The van der Waals surface area contributed by atoms with Crippen molar-refractivity contribution in [3.8, 4) is 23.3 Å². The van der Waals surface area contributed by atoms with Gasteiger partial charge < -0.3 is 30.1 Å². The van der Waals surface area contributed by atoms with Crippen LogP contribution in [0.4, 0.5) is 4.39 Å². The molecule has 224 valence electrons. The average Bonchev–Trinajstić information content (AvgIpc) is 3.75. The highest BCUT2D eigenvalue weighted by atomic mass is 19.1. The Morgan fingerprint density at radius 2 is 1.98 bits per heavy atom. The Labute approximate surface area is 248 Å². The second-order valence-electron chi connectivity index (χ2n) is 10.7. The van der Waals surface area contributed by atoms with Crippen LogP contribution in [0.5, 0.6) is 11.5 Å². The number of likely N-dealkylation sites (tertiary alicyclic amines) is 1. The van der Waals surface area contributed by atoms with Crippen LogP contribution in [-0.4, -0.2) is 71.7 Å². The van der Waals surface area contributed by atoms with E-state index in [4.69, 9.17) is 9.47 Å². The van der Waals surface area contributed by atoms with Crippen molar-refractivity contribution < 1.29 is 33.4 Å². The molecule has 0 spiro atoms. The molecule has 0 bridgehead atoms. The van der Waals surface area contributed by atoms with E-state index in [1.807, 2.05) is 0 Å². The monoisotopic (exact) mass is 588 g/mol. The number of carbonyl (C=O) groups excluding carboxylic acids is 3. The number of fused-ring (bicyclic) bond motifs is 1. The quantitative estimate of drug-likeness (QED) is 0.328. The predicted molar refractivity (Wildman–Crippen MR) is 156 cm³/mol. The largest absolute Gasteiger partial charge is 0.497 e. The van der Waals surface area contributed by atoms with Gasteiger partial charge in [0, 0.05) is 35.9 Å². The summed E-state index contributed by atoms with van der Waals surface area (Å²) in [4.78, 5) is 44.6. The number of nitrogens with zero attached hydrogens (tertiary/aromatic N) is 2. The lowest BCUT2D eigenvalue weighted by molar-refractivity contribution is -0.138. The van der Waals surface area contributed by atoms with E-state index in [2.05, 4.69) is 27.5 Å². The SMILES string of the molecule is COc1ccc([C@H](C)NC(=O)[C@@H]2C[C@@H](O)CN2C(=O)CNC(=O)c2ccc3cc(F)ccc3n2)c(OCC#CC2CC2)c1. The number of methoxy groups -OCH3 is 1. The number of ether oxygens (including phenoxy) is 2. The van der Waals surface area contributed by atoms with Crippen molar-refractivity contribution in [1.29, 1.82) is 0 Å². The van der Waals surface area contributed by atoms with Crippen molar-refractivity contribution in [2.24, 2.45) is 5.92 Å². The summed E-state index contributed by atoms with van der Waals surface area (Å²) in [5.41, 5.74) is 1.20. The number of hydrogen-bond donors (Lipinski definition) is 3. The van der Waals surface area contributed by atoms with Gasteiger partial charge in [0.15, 0.2) is 0 Å². The van der Waals surface area contributed by atoms with Gasteiger partial charge in [0.05, 0.1) is 31.3 Å². The van der Waals surface area contributed by atoms with Gasteiger partial charge in [-0.15, -0.1) is 0 Å². The molecule has 1 aromatic heterocycles. The number of amides is 3. The Bertz CT molecular complexity index is 1600. The zero-order valence-corrected chi connectivity index (χ0v) is 23.9. The number of aliphatic hydroxyl groups is 1. The highest BCUT2D eigenvalue weighted by Gasteiger charge is 2.39. The van der Waals surface area contributed by atoms with Gasteiger partial charge in [0.25, 0.3) is 5.91 Å². The number of aromatic nitrogens is 1. The summed E-state index contributed by atoms with van der Waals surface area (Å²) in [6, 6.07) is 10.9. The van der Waals surface area contributed by atoms with Crippen molar-refractivity contribution in [2.45, 2.75) is 44.4 Å². The Balaban J connectivity index is 1.21. The molecule has 3 amide bonds. The first-order chi connectivity index (χ1) is 20.7. The number of aliphatic hydroxyl groups excluding tert-OH is 1. The minimum absolute atomic E-state index is 0.0441. The zero-order valence-electron chi connectivity index (χ0n) is 23.9. The second kappa shape index (κ2) is 13.1. The van der Waals surface area contributed by atoms with Crippen LogP contribution in [0, 0.1) is 23.6 Å². The van der Waals surface area contributed by atoms with E-state index >= 15 is 0 Å². The number of β-amino-alcohol motifs (C(OH)–C–C–N with tert-alkyl or cyclic N) is 1. The fourth-order valence-corrected chi connectivity index (χ4v) is 4.95. The third-order valence-electron chi connectivity index (χ3n) is 7.42. The van der Waals surface area contributed by atoms with Gasteiger partial charge in [-0.2, -0.15) is 0 Å². The van der Waals surface area contributed by atoms with E-state index in [-0.39, 0.29) is 25.3 Å². The molecule has 11 heteroatoms. The summed E-state index contributed by atoms with van der Waals surface area (Å²) in [6.45, 7) is 1.56. The number of hydrogen-bond acceptors (Lipinski definition) is 7. The fourth-order valence-electron chi connectivity index (χ4n) is 4.95. The molecule has 1 saturated carbocycles. The van der Waals surface area contributed by atoms with Crippen LogP contribution in [0.25, 0.3) is 10.9 Å². The fraction of sp³-hybridized carbons (Fsp3) is 0.375. The molecule has 3 aromatic rings. The summed E-state index contributed by atoms with van der Waals surface area (Å²) in [5, 5.41) is 16.3. The first-order valence-electron chi connectivity index (χ1n) is 14.1. The molecule has 1 aliphatic carbocycles. The second-order valence-corrected chi connectivity index (χ2v) is 10.7. The van der Waals surface area contributed by atoms with Gasteiger partial charge in [0.1, 0.15) is 35.7 Å². The number of pyridine rings is 1.